The Morgan fingerprint density at radius 1 is 1.30 bits per heavy atom. The predicted molar refractivity (Wildman–Crippen MR) is 94.2 cm³/mol. The summed E-state index contributed by atoms with van der Waals surface area (Å²) in [5, 5.41) is 1.09. The second-order valence-corrected chi connectivity index (χ2v) is 6.68. The minimum Gasteiger partial charge on any atom is -0.481 e. The highest BCUT2D eigenvalue weighted by Crippen LogP contribution is 2.34. The van der Waals surface area contributed by atoms with Crippen LogP contribution in [0.15, 0.2) is 41.3 Å². The molecule has 0 amide bonds. The van der Waals surface area contributed by atoms with Crippen LogP contribution in [0.4, 0.5) is 0 Å². The molecule has 0 aliphatic heterocycles. The molecule has 3 rings (SSSR count). The van der Waals surface area contributed by atoms with Gasteiger partial charge in [-0.3, -0.25) is 3.97 Å². The Balaban J connectivity index is 2.21. The molecule has 3 aromatic rings. The fourth-order valence-electron chi connectivity index (χ4n) is 2.00. The van der Waals surface area contributed by atoms with Gasteiger partial charge in [-0.2, -0.15) is 0 Å². The summed E-state index contributed by atoms with van der Waals surface area (Å²) in [5.41, 5.74) is 3.09. The minimum absolute atomic E-state index is 0.611. The normalized spacial score (nSPS) is 10.9. The van der Waals surface area contributed by atoms with Crippen molar-refractivity contribution in [1.29, 1.82) is 0 Å². The van der Waals surface area contributed by atoms with E-state index in [0.717, 1.165) is 26.6 Å². The van der Waals surface area contributed by atoms with Gasteiger partial charge in [0.1, 0.15) is 0 Å². The molecule has 0 aliphatic rings. The molecule has 0 N–H and O–H groups in total. The standard InChI is InChI=1S/C13H9BrIN3OS/c1-19-12-3-2-8(5-16-12)11-7-18(20-15)13-10(11)4-9(14)6-17-13/h2-7H,1H3. The van der Waals surface area contributed by atoms with Gasteiger partial charge in [0.05, 0.1) is 7.11 Å². The van der Waals surface area contributed by atoms with E-state index in [0.29, 0.717) is 5.88 Å². The predicted octanol–water partition coefficient (Wildman–Crippen LogP) is 4.72. The number of rotatable bonds is 3. The third kappa shape index (κ3) is 2.53. The molecule has 3 aromatic heterocycles. The monoisotopic (exact) mass is 461 g/mol. The molecule has 0 unspecified atom stereocenters. The van der Waals surface area contributed by atoms with E-state index >= 15 is 0 Å². The molecule has 3 heterocycles. The van der Waals surface area contributed by atoms with E-state index in [1.807, 2.05) is 28.5 Å². The second-order valence-electron chi connectivity index (χ2n) is 4.05. The van der Waals surface area contributed by atoms with E-state index in [-0.39, 0.29) is 0 Å². The highest BCUT2D eigenvalue weighted by molar-refractivity contribution is 14.2. The van der Waals surface area contributed by atoms with Crippen LogP contribution in [0.25, 0.3) is 22.2 Å². The van der Waals surface area contributed by atoms with Crippen molar-refractivity contribution in [3.8, 4) is 17.0 Å². The SMILES string of the molecule is COc1ccc(-c2cn(SI)c3ncc(Br)cc23)cn1. The van der Waals surface area contributed by atoms with Crippen LogP contribution in [0.5, 0.6) is 5.88 Å². The molecule has 0 aliphatic carbocycles. The number of fused-ring (bicyclic) bond motifs is 1. The molecule has 4 nitrogen and oxygen atoms in total. The topological polar surface area (TPSA) is 39.9 Å². The molecule has 0 fully saturated rings. The van der Waals surface area contributed by atoms with Gasteiger partial charge in [0.2, 0.25) is 5.88 Å². The Labute approximate surface area is 140 Å². The quantitative estimate of drug-likeness (QED) is 0.529. The summed E-state index contributed by atoms with van der Waals surface area (Å²) in [6.07, 6.45) is 5.70. The van der Waals surface area contributed by atoms with Crippen molar-refractivity contribution >= 4 is 57.3 Å². The number of hydrogen-bond donors (Lipinski definition) is 0. The molecule has 102 valence electrons. The van der Waals surface area contributed by atoms with Gasteiger partial charge in [-0.05, 0) is 28.1 Å². The number of aromatic nitrogens is 3. The first-order chi connectivity index (χ1) is 9.72. The molecule has 0 aromatic carbocycles. The molecule has 20 heavy (non-hydrogen) atoms. The van der Waals surface area contributed by atoms with E-state index in [1.54, 1.807) is 16.2 Å². The van der Waals surface area contributed by atoms with Crippen molar-refractivity contribution < 1.29 is 4.74 Å². The maximum Gasteiger partial charge on any atom is 0.212 e. The summed E-state index contributed by atoms with van der Waals surface area (Å²) in [4.78, 5) is 8.74. The molecular weight excluding hydrogens is 453 g/mol. The lowest BCUT2D eigenvalue weighted by atomic mass is 10.1. The van der Waals surface area contributed by atoms with Crippen LogP contribution in [0.2, 0.25) is 0 Å². The first-order valence-corrected chi connectivity index (χ1v) is 9.80. The van der Waals surface area contributed by atoms with Crippen LogP contribution < -0.4 is 4.74 Å². The van der Waals surface area contributed by atoms with Crippen LogP contribution in [0.1, 0.15) is 0 Å². The van der Waals surface area contributed by atoms with Crippen molar-refractivity contribution in [2.75, 3.05) is 7.11 Å². The van der Waals surface area contributed by atoms with E-state index in [4.69, 9.17) is 4.74 Å². The zero-order valence-electron chi connectivity index (χ0n) is 10.4. The molecule has 0 saturated carbocycles. The fourth-order valence-corrected chi connectivity index (χ4v) is 3.59. The first-order valence-electron chi connectivity index (χ1n) is 5.69. The van der Waals surface area contributed by atoms with Gasteiger partial charge in [0.25, 0.3) is 0 Å². The van der Waals surface area contributed by atoms with Crippen LogP contribution in [0, 0.1) is 0 Å². The summed E-state index contributed by atoms with van der Waals surface area (Å²) in [7, 11) is 3.20. The van der Waals surface area contributed by atoms with E-state index in [1.165, 1.54) is 0 Å². The lowest BCUT2D eigenvalue weighted by molar-refractivity contribution is 0.398. The number of ether oxygens (including phenoxy) is 1. The van der Waals surface area contributed by atoms with Crippen LogP contribution >= 0.6 is 46.3 Å². The van der Waals surface area contributed by atoms with Crippen molar-refractivity contribution in [2.45, 2.75) is 0 Å². The molecule has 0 bridgehead atoms. The summed E-state index contributed by atoms with van der Waals surface area (Å²) in [5.74, 6) is 0.611. The van der Waals surface area contributed by atoms with Gasteiger partial charge >= 0.3 is 0 Å². The number of nitrogens with zero attached hydrogens (tertiary/aromatic N) is 3. The third-order valence-electron chi connectivity index (χ3n) is 2.91. The lowest BCUT2D eigenvalue weighted by Gasteiger charge is -2.01. The molecular formula is C13H9BrIN3OS. The largest absolute Gasteiger partial charge is 0.481 e. The number of methoxy groups -OCH3 is 1. The zero-order valence-corrected chi connectivity index (χ0v) is 14.9. The Bertz CT molecular complexity index is 760. The Kier molecular flexibility index (Phi) is 4.18. The molecule has 0 radical (unpaired) electrons. The van der Waals surface area contributed by atoms with Gasteiger partial charge in [-0.1, -0.05) is 0 Å². The van der Waals surface area contributed by atoms with Gasteiger partial charge < -0.3 is 4.74 Å². The smallest absolute Gasteiger partial charge is 0.212 e. The highest BCUT2D eigenvalue weighted by Gasteiger charge is 2.12. The summed E-state index contributed by atoms with van der Waals surface area (Å²) in [6.45, 7) is 0. The molecule has 0 saturated heterocycles. The van der Waals surface area contributed by atoms with Gasteiger partial charge in [-0.25, -0.2) is 9.97 Å². The number of hydrogen-bond acceptors (Lipinski definition) is 4. The van der Waals surface area contributed by atoms with Crippen LogP contribution in [0.3, 0.4) is 0 Å². The van der Waals surface area contributed by atoms with Crippen LogP contribution in [-0.2, 0) is 0 Å². The average molecular weight is 462 g/mol. The van der Waals surface area contributed by atoms with Crippen LogP contribution in [-0.4, -0.2) is 21.1 Å². The summed E-state index contributed by atoms with van der Waals surface area (Å²) < 4.78 is 8.10. The lowest BCUT2D eigenvalue weighted by Crippen LogP contribution is -1.86. The summed E-state index contributed by atoms with van der Waals surface area (Å²) in [6, 6.07) is 5.94. The van der Waals surface area contributed by atoms with Crippen molar-refractivity contribution in [3.63, 3.8) is 0 Å². The van der Waals surface area contributed by atoms with Crippen molar-refractivity contribution in [1.82, 2.24) is 13.9 Å². The third-order valence-corrected chi connectivity index (χ3v) is 5.04. The van der Waals surface area contributed by atoms with Crippen molar-refractivity contribution in [3.05, 3.63) is 41.3 Å². The van der Waals surface area contributed by atoms with Gasteiger partial charge in [0.15, 0.2) is 5.65 Å². The van der Waals surface area contributed by atoms with Crippen molar-refractivity contribution in [2.24, 2.45) is 0 Å². The average Bonchev–Trinajstić information content (AvgIpc) is 2.85. The maximum absolute atomic E-state index is 5.10. The minimum atomic E-state index is 0.611. The maximum atomic E-state index is 5.10. The first kappa shape index (κ1) is 14.2. The Hall–Kier alpha value is -0.800. The summed E-state index contributed by atoms with van der Waals surface area (Å²) >= 11 is 5.72. The fraction of sp³-hybridized carbons (Fsp3) is 0.0769. The molecule has 0 atom stereocenters. The highest BCUT2D eigenvalue weighted by atomic mass is 127. The van der Waals surface area contributed by atoms with E-state index in [9.17, 15) is 0 Å². The number of halogens is 2. The van der Waals surface area contributed by atoms with Gasteiger partial charge in [0, 0.05) is 76.0 Å². The zero-order chi connectivity index (χ0) is 14.1. The van der Waals surface area contributed by atoms with Gasteiger partial charge in [-0.15, -0.1) is 0 Å². The number of pyridine rings is 2. The van der Waals surface area contributed by atoms with E-state index in [2.05, 4.69) is 59.4 Å². The second kappa shape index (κ2) is 5.90. The Morgan fingerprint density at radius 3 is 2.80 bits per heavy atom. The molecule has 0 spiro atoms. The van der Waals surface area contributed by atoms with E-state index < -0.39 is 0 Å². The molecule has 7 heteroatoms. The Morgan fingerprint density at radius 2 is 2.15 bits per heavy atom.